The predicted molar refractivity (Wildman–Crippen MR) is 77.9 cm³/mol. The Morgan fingerprint density at radius 3 is 2.20 bits per heavy atom. The standard InChI is InChI=1S/C16H16ClF2N/c1-2-20-16(11-6-8-12(17)9-7-11)10-13-14(18)4-3-5-15(13)19/h3-9,16,20H,2,10H2,1H3. The predicted octanol–water partition coefficient (Wildman–Crippen LogP) is 4.51. The Hall–Kier alpha value is -1.45. The van der Waals surface area contributed by atoms with Crippen molar-refractivity contribution in [1.82, 2.24) is 5.32 Å². The van der Waals surface area contributed by atoms with E-state index in [2.05, 4.69) is 5.32 Å². The van der Waals surface area contributed by atoms with E-state index in [1.54, 1.807) is 12.1 Å². The van der Waals surface area contributed by atoms with Crippen LogP contribution in [0.1, 0.15) is 24.1 Å². The van der Waals surface area contributed by atoms with Gasteiger partial charge in [-0.2, -0.15) is 0 Å². The summed E-state index contributed by atoms with van der Waals surface area (Å²) in [5.74, 6) is -1.02. The van der Waals surface area contributed by atoms with Crippen LogP contribution in [0, 0.1) is 11.6 Å². The van der Waals surface area contributed by atoms with E-state index in [0.29, 0.717) is 11.6 Å². The fourth-order valence-electron chi connectivity index (χ4n) is 2.18. The van der Waals surface area contributed by atoms with Crippen LogP contribution in [0.5, 0.6) is 0 Å². The van der Waals surface area contributed by atoms with Crippen molar-refractivity contribution in [2.24, 2.45) is 0 Å². The molecule has 0 spiro atoms. The average Bonchev–Trinajstić information content (AvgIpc) is 2.43. The number of benzene rings is 2. The van der Waals surface area contributed by atoms with Crippen LogP contribution in [0.4, 0.5) is 8.78 Å². The van der Waals surface area contributed by atoms with Gasteiger partial charge in [0.2, 0.25) is 0 Å². The second-order valence-electron chi connectivity index (χ2n) is 4.57. The van der Waals surface area contributed by atoms with E-state index in [4.69, 9.17) is 11.6 Å². The lowest BCUT2D eigenvalue weighted by Gasteiger charge is -2.19. The lowest BCUT2D eigenvalue weighted by Crippen LogP contribution is -2.23. The van der Waals surface area contributed by atoms with Crippen LogP contribution < -0.4 is 5.32 Å². The third-order valence-electron chi connectivity index (χ3n) is 3.19. The highest BCUT2D eigenvalue weighted by Crippen LogP contribution is 2.23. The Labute approximate surface area is 122 Å². The number of hydrogen-bond donors (Lipinski definition) is 1. The van der Waals surface area contributed by atoms with Gasteiger partial charge in [-0.15, -0.1) is 0 Å². The number of likely N-dealkylation sites (N-methyl/N-ethyl adjacent to an activating group) is 1. The highest BCUT2D eigenvalue weighted by atomic mass is 35.5. The zero-order valence-corrected chi connectivity index (χ0v) is 11.9. The molecule has 20 heavy (non-hydrogen) atoms. The van der Waals surface area contributed by atoms with Crippen molar-refractivity contribution in [3.63, 3.8) is 0 Å². The number of hydrogen-bond acceptors (Lipinski definition) is 1. The largest absolute Gasteiger partial charge is 0.310 e. The molecule has 0 aromatic heterocycles. The zero-order valence-electron chi connectivity index (χ0n) is 11.2. The van der Waals surface area contributed by atoms with Gasteiger partial charge in [0, 0.05) is 16.6 Å². The summed E-state index contributed by atoms with van der Waals surface area (Å²) < 4.78 is 27.5. The molecule has 0 fully saturated rings. The topological polar surface area (TPSA) is 12.0 Å². The molecule has 1 unspecified atom stereocenters. The number of halogens is 3. The third-order valence-corrected chi connectivity index (χ3v) is 3.44. The molecule has 0 aliphatic carbocycles. The van der Waals surface area contributed by atoms with Gasteiger partial charge in [-0.1, -0.05) is 36.7 Å². The molecule has 0 saturated carbocycles. The molecule has 1 nitrogen and oxygen atoms in total. The van der Waals surface area contributed by atoms with E-state index in [0.717, 1.165) is 5.56 Å². The van der Waals surface area contributed by atoms with E-state index in [9.17, 15) is 8.78 Å². The fourth-order valence-corrected chi connectivity index (χ4v) is 2.31. The van der Waals surface area contributed by atoms with E-state index < -0.39 is 11.6 Å². The highest BCUT2D eigenvalue weighted by Gasteiger charge is 2.16. The van der Waals surface area contributed by atoms with Crippen molar-refractivity contribution in [2.75, 3.05) is 6.54 Å². The monoisotopic (exact) mass is 295 g/mol. The lowest BCUT2D eigenvalue weighted by molar-refractivity contribution is 0.499. The van der Waals surface area contributed by atoms with E-state index in [-0.39, 0.29) is 18.0 Å². The molecule has 4 heteroatoms. The minimum Gasteiger partial charge on any atom is -0.310 e. The Kier molecular flexibility index (Phi) is 5.10. The van der Waals surface area contributed by atoms with Gasteiger partial charge in [0.1, 0.15) is 11.6 Å². The smallest absolute Gasteiger partial charge is 0.129 e. The zero-order chi connectivity index (χ0) is 14.5. The first-order valence-electron chi connectivity index (χ1n) is 6.53. The van der Waals surface area contributed by atoms with Crippen molar-refractivity contribution >= 4 is 11.6 Å². The molecule has 1 N–H and O–H groups in total. The molecule has 0 aliphatic heterocycles. The first kappa shape index (κ1) is 14.9. The van der Waals surface area contributed by atoms with E-state index >= 15 is 0 Å². The Morgan fingerprint density at radius 1 is 1.05 bits per heavy atom. The van der Waals surface area contributed by atoms with Crippen molar-refractivity contribution in [2.45, 2.75) is 19.4 Å². The quantitative estimate of drug-likeness (QED) is 0.855. The molecule has 0 saturated heterocycles. The van der Waals surface area contributed by atoms with Gasteiger partial charge in [0.15, 0.2) is 0 Å². The van der Waals surface area contributed by atoms with Gasteiger partial charge in [0.25, 0.3) is 0 Å². The van der Waals surface area contributed by atoms with Crippen LogP contribution in [0.3, 0.4) is 0 Å². The summed E-state index contributed by atoms with van der Waals surface area (Å²) >= 11 is 5.86. The first-order chi connectivity index (χ1) is 9.61. The Bertz CT molecular complexity index is 549. The molecule has 0 heterocycles. The molecule has 2 aromatic carbocycles. The molecule has 0 amide bonds. The molecule has 1 atom stereocenters. The lowest BCUT2D eigenvalue weighted by atomic mass is 9.98. The number of rotatable bonds is 5. The maximum Gasteiger partial charge on any atom is 0.129 e. The van der Waals surface area contributed by atoms with Gasteiger partial charge in [-0.05, 0) is 42.8 Å². The normalized spacial score (nSPS) is 12.4. The summed E-state index contributed by atoms with van der Waals surface area (Å²) in [4.78, 5) is 0. The van der Waals surface area contributed by atoms with Gasteiger partial charge in [-0.3, -0.25) is 0 Å². The second-order valence-corrected chi connectivity index (χ2v) is 5.00. The van der Waals surface area contributed by atoms with Gasteiger partial charge in [0.05, 0.1) is 0 Å². The van der Waals surface area contributed by atoms with Gasteiger partial charge >= 0.3 is 0 Å². The summed E-state index contributed by atoms with van der Waals surface area (Å²) in [6.07, 6.45) is 0.258. The van der Waals surface area contributed by atoms with Gasteiger partial charge in [-0.25, -0.2) is 8.78 Å². The Morgan fingerprint density at radius 2 is 1.65 bits per heavy atom. The second kappa shape index (κ2) is 6.82. The van der Waals surface area contributed by atoms with E-state index in [1.807, 2.05) is 19.1 Å². The van der Waals surface area contributed by atoms with Crippen LogP contribution in [0.15, 0.2) is 42.5 Å². The molecular formula is C16H16ClF2N. The van der Waals surface area contributed by atoms with Gasteiger partial charge < -0.3 is 5.32 Å². The minimum absolute atomic E-state index is 0.105. The third kappa shape index (κ3) is 3.56. The summed E-state index contributed by atoms with van der Waals surface area (Å²) in [6.45, 7) is 2.67. The molecule has 0 radical (unpaired) electrons. The molecule has 106 valence electrons. The van der Waals surface area contributed by atoms with Crippen LogP contribution in [-0.4, -0.2) is 6.54 Å². The minimum atomic E-state index is -0.512. The van der Waals surface area contributed by atoms with Crippen LogP contribution in [0.25, 0.3) is 0 Å². The maximum atomic E-state index is 13.7. The van der Waals surface area contributed by atoms with Crippen molar-refractivity contribution in [3.8, 4) is 0 Å². The van der Waals surface area contributed by atoms with Crippen LogP contribution >= 0.6 is 11.6 Å². The molecule has 2 rings (SSSR count). The molecule has 0 aliphatic rings. The van der Waals surface area contributed by atoms with Crippen molar-refractivity contribution in [1.29, 1.82) is 0 Å². The summed E-state index contributed by atoms with van der Waals surface area (Å²) in [6, 6.07) is 11.1. The molecular weight excluding hydrogens is 280 g/mol. The SMILES string of the molecule is CCNC(Cc1c(F)cccc1F)c1ccc(Cl)cc1. The first-order valence-corrected chi connectivity index (χ1v) is 6.91. The highest BCUT2D eigenvalue weighted by molar-refractivity contribution is 6.30. The summed E-state index contributed by atoms with van der Waals surface area (Å²) in [7, 11) is 0. The van der Waals surface area contributed by atoms with Crippen LogP contribution in [-0.2, 0) is 6.42 Å². The fraction of sp³-hybridized carbons (Fsp3) is 0.250. The van der Waals surface area contributed by atoms with E-state index in [1.165, 1.54) is 18.2 Å². The van der Waals surface area contributed by atoms with Crippen molar-refractivity contribution < 1.29 is 8.78 Å². The maximum absolute atomic E-state index is 13.7. The van der Waals surface area contributed by atoms with Crippen molar-refractivity contribution in [3.05, 3.63) is 70.2 Å². The number of nitrogens with one attached hydrogen (secondary N) is 1. The molecule has 2 aromatic rings. The summed E-state index contributed by atoms with van der Waals surface area (Å²) in [5, 5.41) is 3.88. The molecule has 0 bridgehead atoms. The van der Waals surface area contributed by atoms with Crippen LogP contribution in [0.2, 0.25) is 5.02 Å². The summed E-state index contributed by atoms with van der Waals surface area (Å²) in [5.41, 5.74) is 1.06. The average molecular weight is 296 g/mol. The Balaban J connectivity index is 2.28.